The van der Waals surface area contributed by atoms with Crippen LogP contribution in [0.1, 0.15) is 30.7 Å². The second-order valence-corrected chi connectivity index (χ2v) is 4.24. The molecule has 0 heterocycles. The maximum atomic E-state index is 12.1. The number of nitrogens with two attached hydrogens (primary N) is 1. The number of rotatable bonds is 2. The van der Waals surface area contributed by atoms with E-state index >= 15 is 0 Å². The van der Waals surface area contributed by atoms with Gasteiger partial charge in [-0.25, -0.2) is 0 Å². The van der Waals surface area contributed by atoms with Gasteiger partial charge in [-0.15, -0.1) is 0 Å². The van der Waals surface area contributed by atoms with Gasteiger partial charge in [0.05, 0.1) is 0 Å². The van der Waals surface area contributed by atoms with E-state index in [2.05, 4.69) is 0 Å². The number of para-hydroxylation sites is 1. The van der Waals surface area contributed by atoms with Gasteiger partial charge in [0.2, 0.25) is 0 Å². The van der Waals surface area contributed by atoms with Crippen molar-refractivity contribution in [2.24, 2.45) is 0 Å². The molecule has 2 atom stereocenters. The highest BCUT2D eigenvalue weighted by molar-refractivity contribution is 5.91. The SMILES string of the molecule is CO[C@@H]1CCC[C@@H](c2ccccc2N)C1=O. The number of methoxy groups -OCH3 is 1. The number of hydrogen-bond donors (Lipinski definition) is 1. The fourth-order valence-corrected chi connectivity index (χ4v) is 2.39. The molecule has 1 fully saturated rings. The number of anilines is 1. The fraction of sp³-hybridized carbons (Fsp3) is 0.462. The molecular formula is C13H17NO2. The number of carbonyl (C=O) groups excluding carboxylic acids is 1. The van der Waals surface area contributed by atoms with Crippen molar-refractivity contribution < 1.29 is 9.53 Å². The quantitative estimate of drug-likeness (QED) is 0.775. The summed E-state index contributed by atoms with van der Waals surface area (Å²) in [5.74, 6) is 0.0894. The Bertz CT molecular complexity index is 389. The molecular weight excluding hydrogens is 202 g/mol. The smallest absolute Gasteiger partial charge is 0.169 e. The summed E-state index contributed by atoms with van der Waals surface area (Å²) < 4.78 is 5.20. The van der Waals surface area contributed by atoms with Gasteiger partial charge < -0.3 is 10.5 Å². The highest BCUT2D eigenvalue weighted by Gasteiger charge is 2.32. The molecule has 3 nitrogen and oxygen atoms in total. The van der Waals surface area contributed by atoms with Crippen molar-refractivity contribution in [1.82, 2.24) is 0 Å². The van der Waals surface area contributed by atoms with E-state index in [4.69, 9.17) is 10.5 Å². The Morgan fingerprint density at radius 1 is 1.31 bits per heavy atom. The molecule has 0 aliphatic heterocycles. The molecule has 0 bridgehead atoms. The van der Waals surface area contributed by atoms with Crippen molar-refractivity contribution >= 4 is 11.5 Å². The van der Waals surface area contributed by atoms with E-state index in [0.717, 1.165) is 24.8 Å². The first kappa shape index (κ1) is 11.1. The number of hydrogen-bond acceptors (Lipinski definition) is 3. The van der Waals surface area contributed by atoms with Gasteiger partial charge in [-0.1, -0.05) is 18.2 Å². The lowest BCUT2D eigenvalue weighted by atomic mass is 9.81. The molecule has 3 heteroatoms. The largest absolute Gasteiger partial charge is 0.398 e. The van der Waals surface area contributed by atoms with E-state index in [1.807, 2.05) is 24.3 Å². The predicted octanol–water partition coefficient (Wildman–Crippen LogP) is 2.12. The molecule has 0 unspecified atom stereocenters. The maximum absolute atomic E-state index is 12.1. The summed E-state index contributed by atoms with van der Waals surface area (Å²) in [6, 6.07) is 7.60. The summed E-state index contributed by atoms with van der Waals surface area (Å²) in [5.41, 5.74) is 7.57. The standard InChI is InChI=1S/C13H17NO2/c1-16-12-8-4-6-10(13(12)15)9-5-2-3-7-11(9)14/h2-3,5,7,10,12H,4,6,8,14H2,1H3/t10-,12+/m0/s1. The van der Waals surface area contributed by atoms with E-state index in [1.54, 1.807) is 7.11 Å². The van der Waals surface area contributed by atoms with Gasteiger partial charge in [0.25, 0.3) is 0 Å². The molecule has 0 aromatic heterocycles. The van der Waals surface area contributed by atoms with Crippen molar-refractivity contribution in [2.75, 3.05) is 12.8 Å². The molecule has 2 rings (SSSR count). The number of Topliss-reactive ketones (excluding diaryl/α,β-unsaturated/α-hetero) is 1. The summed E-state index contributed by atoms with van der Waals surface area (Å²) in [5, 5.41) is 0. The van der Waals surface area contributed by atoms with Crippen molar-refractivity contribution in [3.63, 3.8) is 0 Å². The fourth-order valence-electron chi connectivity index (χ4n) is 2.39. The molecule has 1 aromatic rings. The summed E-state index contributed by atoms with van der Waals surface area (Å²) in [4.78, 5) is 12.1. The zero-order valence-corrected chi connectivity index (χ0v) is 9.48. The highest BCUT2D eigenvalue weighted by Crippen LogP contribution is 2.33. The Morgan fingerprint density at radius 3 is 2.75 bits per heavy atom. The Kier molecular flexibility index (Phi) is 3.25. The molecule has 86 valence electrons. The molecule has 0 amide bonds. The van der Waals surface area contributed by atoms with Crippen LogP contribution in [-0.2, 0) is 9.53 Å². The van der Waals surface area contributed by atoms with Gasteiger partial charge >= 0.3 is 0 Å². The van der Waals surface area contributed by atoms with Gasteiger partial charge in [0.15, 0.2) is 5.78 Å². The van der Waals surface area contributed by atoms with Gasteiger partial charge in [-0.3, -0.25) is 4.79 Å². The topological polar surface area (TPSA) is 52.3 Å². The summed E-state index contributed by atoms with van der Waals surface area (Å²) in [6.07, 6.45) is 2.48. The molecule has 1 aliphatic carbocycles. The highest BCUT2D eigenvalue weighted by atomic mass is 16.5. The van der Waals surface area contributed by atoms with E-state index in [9.17, 15) is 4.79 Å². The van der Waals surface area contributed by atoms with Crippen LogP contribution in [0.5, 0.6) is 0 Å². The van der Waals surface area contributed by atoms with Gasteiger partial charge in [-0.05, 0) is 30.9 Å². The molecule has 1 aromatic carbocycles. The minimum absolute atomic E-state index is 0.0834. The van der Waals surface area contributed by atoms with Crippen molar-refractivity contribution in [2.45, 2.75) is 31.3 Å². The van der Waals surface area contributed by atoms with Crippen LogP contribution in [0.15, 0.2) is 24.3 Å². The van der Waals surface area contributed by atoms with Crippen molar-refractivity contribution in [3.8, 4) is 0 Å². The van der Waals surface area contributed by atoms with Crippen LogP contribution in [0.3, 0.4) is 0 Å². The molecule has 1 saturated carbocycles. The summed E-state index contributed by atoms with van der Waals surface area (Å²) in [7, 11) is 1.60. The van der Waals surface area contributed by atoms with E-state index in [1.165, 1.54) is 0 Å². The molecule has 0 spiro atoms. The molecule has 2 N–H and O–H groups in total. The monoisotopic (exact) mass is 219 g/mol. The maximum Gasteiger partial charge on any atom is 0.169 e. The second-order valence-electron chi connectivity index (χ2n) is 4.24. The first-order valence-corrected chi connectivity index (χ1v) is 5.65. The summed E-state index contributed by atoms with van der Waals surface area (Å²) >= 11 is 0. The van der Waals surface area contributed by atoms with E-state index < -0.39 is 0 Å². The lowest BCUT2D eigenvalue weighted by Gasteiger charge is -2.27. The van der Waals surface area contributed by atoms with Crippen LogP contribution in [0.25, 0.3) is 0 Å². The van der Waals surface area contributed by atoms with Crippen LogP contribution >= 0.6 is 0 Å². The minimum Gasteiger partial charge on any atom is -0.398 e. The van der Waals surface area contributed by atoms with Crippen molar-refractivity contribution in [1.29, 1.82) is 0 Å². The van der Waals surface area contributed by atoms with Crippen LogP contribution in [0, 0.1) is 0 Å². The van der Waals surface area contributed by atoms with Crippen LogP contribution in [-0.4, -0.2) is 19.0 Å². The Labute approximate surface area is 95.6 Å². The zero-order valence-electron chi connectivity index (χ0n) is 9.48. The van der Waals surface area contributed by atoms with Gasteiger partial charge in [0.1, 0.15) is 6.10 Å². The zero-order chi connectivity index (χ0) is 11.5. The second kappa shape index (κ2) is 4.66. The Hall–Kier alpha value is -1.35. The molecule has 16 heavy (non-hydrogen) atoms. The normalized spacial score (nSPS) is 25.7. The number of carbonyl (C=O) groups is 1. The average molecular weight is 219 g/mol. The number of nitrogen functional groups attached to an aromatic ring is 1. The first-order chi connectivity index (χ1) is 7.74. The third-order valence-electron chi connectivity index (χ3n) is 3.28. The Balaban J connectivity index is 2.27. The first-order valence-electron chi connectivity index (χ1n) is 5.65. The number of benzene rings is 1. The van der Waals surface area contributed by atoms with E-state index in [0.29, 0.717) is 5.69 Å². The molecule has 0 radical (unpaired) electrons. The third kappa shape index (κ3) is 1.95. The van der Waals surface area contributed by atoms with Crippen molar-refractivity contribution in [3.05, 3.63) is 29.8 Å². The van der Waals surface area contributed by atoms with Gasteiger partial charge in [-0.2, -0.15) is 0 Å². The number of ether oxygens (including phenoxy) is 1. The predicted molar refractivity (Wildman–Crippen MR) is 63.3 cm³/mol. The van der Waals surface area contributed by atoms with Gasteiger partial charge in [0, 0.05) is 18.7 Å². The van der Waals surface area contributed by atoms with E-state index in [-0.39, 0.29) is 17.8 Å². The lowest BCUT2D eigenvalue weighted by molar-refractivity contribution is -0.133. The minimum atomic E-state index is -0.252. The molecule has 0 saturated heterocycles. The number of ketones is 1. The van der Waals surface area contributed by atoms with Crippen LogP contribution in [0.4, 0.5) is 5.69 Å². The Morgan fingerprint density at radius 2 is 2.06 bits per heavy atom. The van der Waals surface area contributed by atoms with Crippen LogP contribution < -0.4 is 5.73 Å². The summed E-state index contributed by atoms with van der Waals surface area (Å²) in [6.45, 7) is 0. The molecule has 1 aliphatic rings. The third-order valence-corrected chi connectivity index (χ3v) is 3.28. The average Bonchev–Trinajstić information content (AvgIpc) is 2.31. The lowest BCUT2D eigenvalue weighted by Crippen LogP contribution is -2.33. The van der Waals surface area contributed by atoms with Crippen LogP contribution in [0.2, 0.25) is 0 Å².